The lowest BCUT2D eigenvalue weighted by Gasteiger charge is -2.06. The van der Waals surface area contributed by atoms with E-state index in [9.17, 15) is 0 Å². The van der Waals surface area contributed by atoms with Crippen molar-refractivity contribution in [2.45, 2.75) is 20.0 Å². The van der Waals surface area contributed by atoms with Gasteiger partial charge in [-0.05, 0) is 30.7 Å². The third kappa shape index (κ3) is 4.26. The zero-order chi connectivity index (χ0) is 13.0. The van der Waals surface area contributed by atoms with E-state index in [0.717, 1.165) is 24.5 Å². The van der Waals surface area contributed by atoms with Gasteiger partial charge in [0.2, 0.25) is 0 Å². The Bertz CT molecular complexity index is 508. The van der Waals surface area contributed by atoms with E-state index >= 15 is 0 Å². The summed E-state index contributed by atoms with van der Waals surface area (Å²) in [5.41, 5.74) is 3.49. The number of ether oxygens (including phenoxy) is 1. The van der Waals surface area contributed by atoms with Crippen LogP contribution in [0.25, 0.3) is 0 Å². The lowest BCUT2D eigenvalue weighted by molar-refractivity contribution is 0.414. The number of halogens is 1. The van der Waals surface area contributed by atoms with E-state index in [4.69, 9.17) is 4.74 Å². The smallest absolute Gasteiger partial charge is 0.118 e. The standard InChI is InChI=1S/C14H19N3O.ClH/c1-11-8-13(17(2)16-11)10-15-9-12-4-6-14(18-3)7-5-12;/h4-8,15H,9-10H2,1-3H3;1H. The molecule has 2 rings (SSSR count). The maximum atomic E-state index is 5.13. The van der Waals surface area contributed by atoms with Gasteiger partial charge in [0, 0.05) is 20.1 Å². The number of nitrogens with one attached hydrogen (secondary N) is 1. The Morgan fingerprint density at radius 3 is 2.42 bits per heavy atom. The van der Waals surface area contributed by atoms with Crippen LogP contribution in [-0.4, -0.2) is 16.9 Å². The zero-order valence-electron chi connectivity index (χ0n) is 11.5. The van der Waals surface area contributed by atoms with Crippen LogP contribution in [0.3, 0.4) is 0 Å². The molecule has 0 saturated heterocycles. The fourth-order valence-corrected chi connectivity index (χ4v) is 1.91. The first-order valence-electron chi connectivity index (χ1n) is 6.02. The van der Waals surface area contributed by atoms with Crippen molar-refractivity contribution in [1.29, 1.82) is 0 Å². The van der Waals surface area contributed by atoms with Crippen molar-refractivity contribution in [3.63, 3.8) is 0 Å². The third-order valence-corrected chi connectivity index (χ3v) is 2.89. The number of hydrogen-bond donors (Lipinski definition) is 1. The van der Waals surface area contributed by atoms with Gasteiger partial charge in [-0.3, -0.25) is 4.68 Å². The highest BCUT2D eigenvalue weighted by Crippen LogP contribution is 2.11. The molecule has 1 aromatic heterocycles. The predicted octanol–water partition coefficient (Wildman–Crippen LogP) is 2.45. The largest absolute Gasteiger partial charge is 0.497 e. The molecule has 19 heavy (non-hydrogen) atoms. The number of hydrogen-bond acceptors (Lipinski definition) is 3. The van der Waals surface area contributed by atoms with Crippen molar-refractivity contribution in [3.05, 3.63) is 47.3 Å². The summed E-state index contributed by atoms with van der Waals surface area (Å²) in [6, 6.07) is 10.2. The second kappa shape index (κ2) is 7.16. The summed E-state index contributed by atoms with van der Waals surface area (Å²) >= 11 is 0. The van der Waals surface area contributed by atoms with Crippen molar-refractivity contribution in [2.75, 3.05) is 7.11 Å². The lowest BCUT2D eigenvalue weighted by atomic mass is 10.2. The first-order valence-corrected chi connectivity index (χ1v) is 6.02. The summed E-state index contributed by atoms with van der Waals surface area (Å²) < 4.78 is 7.04. The SMILES string of the molecule is COc1ccc(CNCc2cc(C)nn2C)cc1.Cl. The molecule has 0 fully saturated rings. The van der Waals surface area contributed by atoms with Crippen LogP contribution in [-0.2, 0) is 20.1 Å². The summed E-state index contributed by atoms with van der Waals surface area (Å²) in [7, 11) is 3.65. The molecular formula is C14H20ClN3O. The molecule has 0 saturated carbocycles. The zero-order valence-corrected chi connectivity index (χ0v) is 12.3. The van der Waals surface area contributed by atoms with Crippen LogP contribution in [0.5, 0.6) is 5.75 Å². The number of aromatic nitrogens is 2. The summed E-state index contributed by atoms with van der Waals surface area (Å²) in [6.45, 7) is 3.67. The second-order valence-electron chi connectivity index (χ2n) is 4.35. The van der Waals surface area contributed by atoms with Crippen LogP contribution < -0.4 is 10.1 Å². The maximum absolute atomic E-state index is 5.13. The van der Waals surface area contributed by atoms with Gasteiger partial charge in [0.25, 0.3) is 0 Å². The van der Waals surface area contributed by atoms with Gasteiger partial charge in [-0.1, -0.05) is 12.1 Å². The number of benzene rings is 1. The van der Waals surface area contributed by atoms with E-state index in [-0.39, 0.29) is 12.4 Å². The first-order chi connectivity index (χ1) is 8.69. The molecular weight excluding hydrogens is 262 g/mol. The van der Waals surface area contributed by atoms with Gasteiger partial charge in [-0.25, -0.2) is 0 Å². The Labute approximate surface area is 120 Å². The summed E-state index contributed by atoms with van der Waals surface area (Å²) in [4.78, 5) is 0. The molecule has 0 radical (unpaired) electrons. The molecule has 0 aliphatic carbocycles. The molecule has 0 spiro atoms. The average molecular weight is 282 g/mol. The lowest BCUT2D eigenvalue weighted by Crippen LogP contribution is -2.15. The molecule has 0 aliphatic rings. The molecule has 4 nitrogen and oxygen atoms in total. The molecule has 0 bridgehead atoms. The van der Waals surface area contributed by atoms with Crippen molar-refractivity contribution in [1.82, 2.24) is 15.1 Å². The molecule has 1 aromatic carbocycles. The fraction of sp³-hybridized carbons (Fsp3) is 0.357. The normalized spacial score (nSPS) is 10.1. The second-order valence-corrected chi connectivity index (χ2v) is 4.35. The minimum absolute atomic E-state index is 0. The Balaban J connectivity index is 0.00000180. The molecule has 0 aliphatic heterocycles. The Hall–Kier alpha value is -1.52. The van der Waals surface area contributed by atoms with Crippen LogP contribution in [0.2, 0.25) is 0 Å². The third-order valence-electron chi connectivity index (χ3n) is 2.89. The molecule has 0 unspecified atom stereocenters. The van der Waals surface area contributed by atoms with Gasteiger partial charge in [0.05, 0.1) is 18.5 Å². The van der Waals surface area contributed by atoms with E-state index in [1.807, 2.05) is 30.8 Å². The van der Waals surface area contributed by atoms with Crippen LogP contribution >= 0.6 is 12.4 Å². The Kier molecular flexibility index (Phi) is 5.86. The highest BCUT2D eigenvalue weighted by atomic mass is 35.5. The first kappa shape index (κ1) is 15.5. The molecule has 1 N–H and O–H groups in total. The van der Waals surface area contributed by atoms with Crippen LogP contribution in [0.4, 0.5) is 0 Å². The number of nitrogens with zero attached hydrogens (tertiary/aromatic N) is 2. The Morgan fingerprint density at radius 2 is 1.89 bits per heavy atom. The Morgan fingerprint density at radius 1 is 1.21 bits per heavy atom. The number of aryl methyl sites for hydroxylation is 2. The van der Waals surface area contributed by atoms with E-state index in [2.05, 4.69) is 28.6 Å². The minimum Gasteiger partial charge on any atom is -0.497 e. The molecule has 5 heteroatoms. The molecule has 104 valence electrons. The van der Waals surface area contributed by atoms with Gasteiger partial charge < -0.3 is 10.1 Å². The summed E-state index contributed by atoms with van der Waals surface area (Å²) in [6.07, 6.45) is 0. The fourth-order valence-electron chi connectivity index (χ4n) is 1.91. The molecule has 0 atom stereocenters. The highest BCUT2D eigenvalue weighted by molar-refractivity contribution is 5.85. The number of rotatable bonds is 5. The predicted molar refractivity (Wildman–Crippen MR) is 78.7 cm³/mol. The van der Waals surface area contributed by atoms with Crippen molar-refractivity contribution < 1.29 is 4.74 Å². The van der Waals surface area contributed by atoms with Crippen molar-refractivity contribution in [2.24, 2.45) is 7.05 Å². The average Bonchev–Trinajstić information content (AvgIpc) is 2.69. The van der Waals surface area contributed by atoms with E-state index in [1.54, 1.807) is 7.11 Å². The number of methoxy groups -OCH3 is 1. The van der Waals surface area contributed by atoms with Crippen molar-refractivity contribution in [3.8, 4) is 5.75 Å². The van der Waals surface area contributed by atoms with Gasteiger partial charge >= 0.3 is 0 Å². The summed E-state index contributed by atoms with van der Waals surface area (Å²) in [5.74, 6) is 0.890. The molecule has 1 heterocycles. The van der Waals surface area contributed by atoms with Crippen molar-refractivity contribution >= 4 is 12.4 Å². The van der Waals surface area contributed by atoms with Crippen LogP contribution in [0.15, 0.2) is 30.3 Å². The van der Waals surface area contributed by atoms with Gasteiger partial charge in [0.15, 0.2) is 0 Å². The topological polar surface area (TPSA) is 39.1 Å². The van der Waals surface area contributed by atoms with Gasteiger partial charge in [-0.2, -0.15) is 5.10 Å². The van der Waals surface area contributed by atoms with E-state index < -0.39 is 0 Å². The highest BCUT2D eigenvalue weighted by Gasteiger charge is 2.01. The van der Waals surface area contributed by atoms with E-state index in [1.165, 1.54) is 11.3 Å². The minimum atomic E-state index is 0. The summed E-state index contributed by atoms with van der Waals surface area (Å²) in [5, 5.41) is 7.73. The van der Waals surface area contributed by atoms with Crippen LogP contribution in [0, 0.1) is 6.92 Å². The van der Waals surface area contributed by atoms with Crippen LogP contribution in [0.1, 0.15) is 17.0 Å². The quantitative estimate of drug-likeness (QED) is 0.915. The maximum Gasteiger partial charge on any atom is 0.118 e. The molecule has 2 aromatic rings. The monoisotopic (exact) mass is 281 g/mol. The van der Waals surface area contributed by atoms with E-state index in [0.29, 0.717) is 0 Å². The van der Waals surface area contributed by atoms with Gasteiger partial charge in [-0.15, -0.1) is 12.4 Å². The van der Waals surface area contributed by atoms with Gasteiger partial charge in [0.1, 0.15) is 5.75 Å². The molecule has 0 amide bonds.